The normalized spacial score (nSPS) is 11.8. The summed E-state index contributed by atoms with van der Waals surface area (Å²) in [5, 5.41) is 10.8. The van der Waals surface area contributed by atoms with E-state index in [-0.39, 0.29) is 11.3 Å². The van der Waals surface area contributed by atoms with Gasteiger partial charge in [0, 0.05) is 18.0 Å². The summed E-state index contributed by atoms with van der Waals surface area (Å²) < 4.78 is 23.4. The molecule has 2 N–H and O–H groups in total. The molecule has 124 valence electrons. The van der Waals surface area contributed by atoms with Crippen molar-refractivity contribution in [2.45, 2.75) is 6.42 Å². The van der Waals surface area contributed by atoms with Gasteiger partial charge in [0.1, 0.15) is 0 Å². The zero-order chi connectivity index (χ0) is 17.3. The summed E-state index contributed by atoms with van der Waals surface area (Å²) >= 11 is 0. The molecule has 1 aromatic heterocycles. The Morgan fingerprint density at radius 3 is 2.29 bits per heavy atom. The average Bonchev–Trinajstić information content (AvgIpc) is 2.56. The Morgan fingerprint density at radius 1 is 1.04 bits per heavy atom. The lowest BCUT2D eigenvalue weighted by Gasteiger charge is -2.09. The Bertz CT molecular complexity index is 1050. The highest BCUT2D eigenvalue weighted by molar-refractivity contribution is 7.89. The van der Waals surface area contributed by atoms with Gasteiger partial charge in [-0.1, -0.05) is 42.5 Å². The highest BCUT2D eigenvalue weighted by atomic mass is 32.2. The number of nitrogens with zero attached hydrogens (tertiary/aromatic N) is 2. The minimum atomic E-state index is -3.47. The van der Waals surface area contributed by atoms with Crippen LogP contribution < -0.4 is 10.7 Å². The monoisotopic (exact) mass is 343 g/mol. The first-order valence-corrected chi connectivity index (χ1v) is 9.12. The number of hydrogen-bond acceptors (Lipinski definition) is 4. The molecule has 0 radical (unpaired) electrons. The summed E-state index contributed by atoms with van der Waals surface area (Å²) in [6, 6.07) is 14.8. The van der Waals surface area contributed by atoms with Gasteiger partial charge in [-0.2, -0.15) is 5.10 Å². The first-order chi connectivity index (χ1) is 11.3. The number of primary sulfonamides is 1. The third-order valence-electron chi connectivity index (χ3n) is 3.86. The van der Waals surface area contributed by atoms with E-state index in [0.717, 1.165) is 16.5 Å². The number of rotatable bonds is 4. The van der Waals surface area contributed by atoms with Crippen molar-refractivity contribution in [3.8, 4) is 11.3 Å². The Kier molecular flexibility index (Phi) is 4.21. The molecule has 0 amide bonds. The van der Waals surface area contributed by atoms with Crippen LogP contribution in [-0.2, 0) is 23.5 Å². The smallest absolute Gasteiger partial charge is 0.267 e. The standard InChI is InChI=1S/C17H17N3O3S/c1-20-17(21)15-5-3-2-4-14(15)16(19-20)13-8-6-12(7-9-13)10-11-24(18,22)23/h2-9H,10-11H2,1H3,(H2,18,22,23). The molecule has 0 spiro atoms. The number of fused-ring (bicyclic) bond motifs is 1. The maximum absolute atomic E-state index is 12.2. The van der Waals surface area contributed by atoms with Crippen molar-refractivity contribution < 1.29 is 8.42 Å². The van der Waals surface area contributed by atoms with Crippen molar-refractivity contribution in [2.75, 3.05) is 5.75 Å². The lowest BCUT2D eigenvalue weighted by atomic mass is 10.0. The fourth-order valence-electron chi connectivity index (χ4n) is 2.60. The van der Waals surface area contributed by atoms with Crippen LogP contribution in [0.1, 0.15) is 5.56 Å². The lowest BCUT2D eigenvalue weighted by molar-refractivity contribution is 0.597. The van der Waals surface area contributed by atoms with Crippen molar-refractivity contribution in [2.24, 2.45) is 12.2 Å². The molecule has 0 bridgehead atoms. The van der Waals surface area contributed by atoms with Gasteiger partial charge in [0.25, 0.3) is 5.56 Å². The first-order valence-electron chi connectivity index (χ1n) is 7.41. The molecule has 0 aliphatic rings. The number of hydrogen-bond donors (Lipinski definition) is 1. The molecule has 0 aliphatic heterocycles. The van der Waals surface area contributed by atoms with E-state index in [2.05, 4.69) is 5.10 Å². The van der Waals surface area contributed by atoms with Gasteiger partial charge in [0.2, 0.25) is 10.0 Å². The van der Waals surface area contributed by atoms with Crippen LogP contribution in [0.5, 0.6) is 0 Å². The van der Waals surface area contributed by atoms with E-state index >= 15 is 0 Å². The summed E-state index contributed by atoms with van der Waals surface area (Å²) in [4.78, 5) is 12.2. The van der Waals surface area contributed by atoms with Gasteiger partial charge < -0.3 is 0 Å². The van der Waals surface area contributed by atoms with Crippen LogP contribution >= 0.6 is 0 Å². The molecule has 0 aliphatic carbocycles. The SMILES string of the molecule is Cn1nc(-c2ccc(CCS(N)(=O)=O)cc2)c2ccccc2c1=O. The second-order valence-electron chi connectivity index (χ2n) is 5.64. The van der Waals surface area contributed by atoms with E-state index in [0.29, 0.717) is 17.5 Å². The van der Waals surface area contributed by atoms with Crippen LogP contribution in [0.25, 0.3) is 22.0 Å². The van der Waals surface area contributed by atoms with Crippen LogP contribution in [0, 0.1) is 0 Å². The molecule has 6 nitrogen and oxygen atoms in total. The van der Waals surface area contributed by atoms with Crippen molar-refractivity contribution >= 4 is 20.8 Å². The molecule has 0 unspecified atom stereocenters. The zero-order valence-corrected chi connectivity index (χ0v) is 14.0. The Hall–Kier alpha value is -2.51. The molecule has 0 saturated heterocycles. The Balaban J connectivity index is 2.02. The van der Waals surface area contributed by atoms with Gasteiger partial charge in [-0.3, -0.25) is 4.79 Å². The van der Waals surface area contributed by atoms with Gasteiger partial charge in [0.05, 0.1) is 16.8 Å². The average molecular weight is 343 g/mol. The Morgan fingerprint density at radius 2 is 1.67 bits per heavy atom. The highest BCUT2D eigenvalue weighted by Crippen LogP contribution is 2.24. The van der Waals surface area contributed by atoms with Crippen LogP contribution in [0.4, 0.5) is 0 Å². The largest absolute Gasteiger partial charge is 0.274 e. The molecule has 3 aromatic rings. The summed E-state index contributed by atoms with van der Waals surface area (Å²) in [6.07, 6.45) is 0.362. The van der Waals surface area contributed by atoms with E-state index in [1.165, 1.54) is 4.68 Å². The maximum atomic E-state index is 12.2. The topological polar surface area (TPSA) is 95.1 Å². The Labute approximate surface area is 139 Å². The molecule has 2 aromatic carbocycles. The molecule has 1 heterocycles. The summed E-state index contributed by atoms with van der Waals surface area (Å²) in [6.45, 7) is 0. The number of nitrogens with two attached hydrogens (primary N) is 1. The van der Waals surface area contributed by atoms with E-state index < -0.39 is 10.0 Å². The molecular weight excluding hydrogens is 326 g/mol. The van der Waals surface area contributed by atoms with Crippen LogP contribution in [0.2, 0.25) is 0 Å². The van der Waals surface area contributed by atoms with Gasteiger partial charge in [-0.15, -0.1) is 0 Å². The van der Waals surface area contributed by atoms with Crippen molar-refractivity contribution in [1.29, 1.82) is 0 Å². The summed E-state index contributed by atoms with van der Waals surface area (Å²) in [5.41, 5.74) is 2.31. The van der Waals surface area contributed by atoms with Gasteiger partial charge in [0.15, 0.2) is 0 Å². The first kappa shape index (κ1) is 16.4. The number of sulfonamides is 1. The second-order valence-corrected chi connectivity index (χ2v) is 7.37. The zero-order valence-electron chi connectivity index (χ0n) is 13.1. The van der Waals surface area contributed by atoms with Crippen LogP contribution in [0.3, 0.4) is 0 Å². The van der Waals surface area contributed by atoms with Crippen LogP contribution in [-0.4, -0.2) is 24.0 Å². The minimum Gasteiger partial charge on any atom is -0.267 e. The van der Waals surface area contributed by atoms with E-state index in [1.807, 2.05) is 42.5 Å². The highest BCUT2D eigenvalue weighted by Gasteiger charge is 2.10. The quantitative estimate of drug-likeness (QED) is 0.775. The van der Waals surface area contributed by atoms with Crippen molar-refractivity contribution in [1.82, 2.24) is 9.78 Å². The van der Waals surface area contributed by atoms with E-state index in [9.17, 15) is 13.2 Å². The fourth-order valence-corrected chi connectivity index (χ4v) is 3.12. The van der Waals surface area contributed by atoms with E-state index in [4.69, 9.17) is 5.14 Å². The molecule has 0 saturated carbocycles. The maximum Gasteiger partial charge on any atom is 0.274 e. The van der Waals surface area contributed by atoms with Crippen molar-refractivity contribution in [3.05, 3.63) is 64.4 Å². The van der Waals surface area contributed by atoms with Crippen LogP contribution in [0.15, 0.2) is 53.3 Å². The molecule has 7 heteroatoms. The summed E-state index contributed by atoms with van der Waals surface area (Å²) in [5.74, 6) is -0.0899. The minimum absolute atomic E-state index is 0.0899. The van der Waals surface area contributed by atoms with E-state index in [1.54, 1.807) is 13.1 Å². The second kappa shape index (κ2) is 6.18. The van der Waals surface area contributed by atoms with Gasteiger partial charge in [-0.25, -0.2) is 18.2 Å². The molecule has 0 fully saturated rings. The third kappa shape index (κ3) is 3.37. The fraction of sp³-hybridized carbons (Fsp3) is 0.176. The number of aryl methyl sites for hydroxylation is 2. The third-order valence-corrected chi connectivity index (χ3v) is 4.63. The number of benzene rings is 2. The lowest BCUT2D eigenvalue weighted by Crippen LogP contribution is -2.20. The van der Waals surface area contributed by atoms with Gasteiger partial charge >= 0.3 is 0 Å². The predicted octanol–water partition coefficient (Wildman–Crippen LogP) is 1.43. The van der Waals surface area contributed by atoms with Gasteiger partial charge in [-0.05, 0) is 18.1 Å². The van der Waals surface area contributed by atoms with Crippen molar-refractivity contribution in [3.63, 3.8) is 0 Å². The molecule has 0 atom stereocenters. The summed E-state index contributed by atoms with van der Waals surface area (Å²) in [7, 11) is -1.85. The molecular formula is C17H17N3O3S. The number of aromatic nitrogens is 2. The molecule has 3 rings (SSSR count). The molecule has 24 heavy (non-hydrogen) atoms. The predicted molar refractivity (Wildman–Crippen MR) is 94.1 cm³/mol.